The molecule has 23 heavy (non-hydrogen) atoms. The Morgan fingerprint density at radius 2 is 2.00 bits per heavy atom. The molecule has 0 spiro atoms. The molecular formula is C20H30O3. The van der Waals surface area contributed by atoms with Gasteiger partial charge in [-0.3, -0.25) is 4.79 Å². The van der Waals surface area contributed by atoms with E-state index in [1.165, 1.54) is 19.3 Å². The minimum atomic E-state index is -0.0941. The van der Waals surface area contributed by atoms with E-state index >= 15 is 0 Å². The van der Waals surface area contributed by atoms with Crippen LogP contribution in [0.1, 0.15) is 65.2 Å². The molecule has 0 aromatic carbocycles. The van der Waals surface area contributed by atoms with Gasteiger partial charge in [-0.1, -0.05) is 25.5 Å². The number of allylic oxidation sites excluding steroid dienone is 1. The normalized spacial score (nSPS) is 52.0. The smallest absolute Gasteiger partial charge is 0.293 e. The first-order chi connectivity index (χ1) is 11.0. The van der Waals surface area contributed by atoms with E-state index < -0.39 is 0 Å². The maximum Gasteiger partial charge on any atom is 0.293 e. The molecule has 1 N–H and O–H groups in total. The Kier molecular flexibility index (Phi) is 3.64. The van der Waals surface area contributed by atoms with E-state index in [2.05, 4.69) is 19.9 Å². The minimum Gasteiger partial charge on any atom is -0.464 e. The second kappa shape index (κ2) is 5.34. The SMILES string of the molecule is C[C@]12CC[C@H]3[C@@H](CC=C4C[C@@H](OC=O)CC[C@@]43C)[C@@H]1CC[C@@H]2O. The number of hydrogen-bond acceptors (Lipinski definition) is 3. The molecule has 4 aliphatic rings. The molecule has 0 aromatic heterocycles. The molecule has 0 unspecified atom stereocenters. The summed E-state index contributed by atoms with van der Waals surface area (Å²) >= 11 is 0. The third kappa shape index (κ3) is 2.15. The van der Waals surface area contributed by atoms with E-state index in [9.17, 15) is 9.90 Å². The summed E-state index contributed by atoms with van der Waals surface area (Å²) in [6.45, 7) is 5.41. The van der Waals surface area contributed by atoms with Crippen LogP contribution in [-0.2, 0) is 9.53 Å². The van der Waals surface area contributed by atoms with Crippen molar-refractivity contribution in [3.05, 3.63) is 11.6 Å². The zero-order valence-electron chi connectivity index (χ0n) is 14.5. The predicted octanol–water partition coefficient (Wildman–Crippen LogP) is 3.85. The topological polar surface area (TPSA) is 46.5 Å². The average molecular weight is 318 g/mol. The van der Waals surface area contributed by atoms with Gasteiger partial charge < -0.3 is 9.84 Å². The highest BCUT2D eigenvalue weighted by Gasteiger charge is 2.58. The van der Waals surface area contributed by atoms with E-state index in [0.717, 1.165) is 43.9 Å². The summed E-state index contributed by atoms with van der Waals surface area (Å²) in [5.41, 5.74) is 1.99. The van der Waals surface area contributed by atoms with Gasteiger partial charge in [0.2, 0.25) is 0 Å². The van der Waals surface area contributed by atoms with Gasteiger partial charge in [-0.05, 0) is 73.5 Å². The monoisotopic (exact) mass is 318 g/mol. The molecule has 3 fully saturated rings. The van der Waals surface area contributed by atoms with Crippen LogP contribution >= 0.6 is 0 Å². The highest BCUT2D eigenvalue weighted by Crippen LogP contribution is 2.64. The zero-order valence-corrected chi connectivity index (χ0v) is 14.5. The summed E-state index contributed by atoms with van der Waals surface area (Å²) < 4.78 is 5.26. The number of ether oxygens (including phenoxy) is 1. The van der Waals surface area contributed by atoms with Crippen LogP contribution in [-0.4, -0.2) is 23.8 Å². The molecular weight excluding hydrogens is 288 g/mol. The van der Waals surface area contributed by atoms with Crippen molar-refractivity contribution in [3.63, 3.8) is 0 Å². The molecule has 4 rings (SSSR count). The molecule has 0 radical (unpaired) electrons. The van der Waals surface area contributed by atoms with Crippen molar-refractivity contribution < 1.29 is 14.6 Å². The fourth-order valence-corrected chi connectivity index (χ4v) is 6.79. The third-order valence-electron chi connectivity index (χ3n) is 8.26. The standard InChI is InChI=1S/C20H30O3/c1-19-9-7-14(23-12-21)11-13(19)3-4-15-16-5-6-18(22)20(16,2)10-8-17(15)19/h3,12,14-18,22H,4-11H2,1-2H3/t14-,15-,16-,17-,18-,19-,20-/m0/s1. The molecule has 0 aliphatic heterocycles. The second-order valence-electron chi connectivity index (χ2n) is 8.99. The number of aliphatic hydroxyl groups excluding tert-OH is 1. The molecule has 7 atom stereocenters. The number of rotatable bonds is 2. The van der Waals surface area contributed by atoms with E-state index in [1.807, 2.05) is 0 Å². The summed E-state index contributed by atoms with van der Waals surface area (Å²) in [6, 6.07) is 0. The Bertz CT molecular complexity index is 527. The molecule has 0 bridgehead atoms. The van der Waals surface area contributed by atoms with Crippen molar-refractivity contribution >= 4 is 6.47 Å². The van der Waals surface area contributed by atoms with Crippen LogP contribution < -0.4 is 0 Å². The van der Waals surface area contributed by atoms with Gasteiger partial charge in [0.25, 0.3) is 6.47 Å². The quantitative estimate of drug-likeness (QED) is 0.621. The number of carbonyl (C=O) groups excluding carboxylic acids is 1. The van der Waals surface area contributed by atoms with Gasteiger partial charge in [-0.2, -0.15) is 0 Å². The zero-order chi connectivity index (χ0) is 16.2. The lowest BCUT2D eigenvalue weighted by atomic mass is 9.48. The lowest BCUT2D eigenvalue weighted by Crippen LogP contribution is -2.51. The molecule has 0 saturated heterocycles. The predicted molar refractivity (Wildman–Crippen MR) is 88.6 cm³/mol. The summed E-state index contributed by atoms with van der Waals surface area (Å²) in [5, 5.41) is 10.5. The van der Waals surface area contributed by atoms with Crippen LogP contribution in [0.2, 0.25) is 0 Å². The van der Waals surface area contributed by atoms with Crippen molar-refractivity contribution in [3.8, 4) is 0 Å². The van der Waals surface area contributed by atoms with Crippen molar-refractivity contribution in [1.82, 2.24) is 0 Å². The van der Waals surface area contributed by atoms with E-state index in [1.54, 1.807) is 5.57 Å². The third-order valence-corrected chi connectivity index (χ3v) is 8.26. The fourth-order valence-electron chi connectivity index (χ4n) is 6.79. The molecule has 0 amide bonds. The molecule has 128 valence electrons. The number of carbonyl (C=O) groups is 1. The maximum atomic E-state index is 10.7. The Balaban J connectivity index is 1.61. The van der Waals surface area contributed by atoms with Crippen molar-refractivity contribution in [2.75, 3.05) is 0 Å². The van der Waals surface area contributed by atoms with Crippen LogP contribution in [0, 0.1) is 28.6 Å². The van der Waals surface area contributed by atoms with Crippen molar-refractivity contribution in [2.45, 2.75) is 77.4 Å². The summed E-state index contributed by atoms with van der Waals surface area (Å²) in [7, 11) is 0. The molecule has 4 aliphatic carbocycles. The van der Waals surface area contributed by atoms with Gasteiger partial charge in [0.1, 0.15) is 6.10 Å². The van der Waals surface area contributed by atoms with Crippen LogP contribution in [0.5, 0.6) is 0 Å². The van der Waals surface area contributed by atoms with E-state index in [0.29, 0.717) is 17.8 Å². The highest BCUT2D eigenvalue weighted by atomic mass is 16.5. The average Bonchev–Trinajstić information content (AvgIpc) is 2.84. The van der Waals surface area contributed by atoms with Crippen LogP contribution in [0.25, 0.3) is 0 Å². The fraction of sp³-hybridized carbons (Fsp3) is 0.850. The maximum absolute atomic E-state index is 10.7. The molecule has 3 saturated carbocycles. The Morgan fingerprint density at radius 1 is 1.17 bits per heavy atom. The Morgan fingerprint density at radius 3 is 2.78 bits per heavy atom. The van der Waals surface area contributed by atoms with Crippen molar-refractivity contribution in [2.24, 2.45) is 28.6 Å². The number of hydrogen-bond donors (Lipinski definition) is 1. The van der Waals surface area contributed by atoms with Crippen LogP contribution in [0.4, 0.5) is 0 Å². The van der Waals surface area contributed by atoms with Crippen LogP contribution in [0.3, 0.4) is 0 Å². The minimum absolute atomic E-state index is 0.0885. The Hall–Kier alpha value is -0.830. The van der Waals surface area contributed by atoms with Gasteiger partial charge >= 0.3 is 0 Å². The summed E-state index contributed by atoms with van der Waals surface area (Å²) in [6.07, 6.45) is 11.3. The van der Waals surface area contributed by atoms with Gasteiger partial charge in [0.15, 0.2) is 0 Å². The van der Waals surface area contributed by atoms with Gasteiger partial charge in [-0.15, -0.1) is 0 Å². The van der Waals surface area contributed by atoms with Gasteiger partial charge in [-0.25, -0.2) is 0 Å². The largest absolute Gasteiger partial charge is 0.464 e. The van der Waals surface area contributed by atoms with Gasteiger partial charge in [0, 0.05) is 6.42 Å². The molecule has 0 heterocycles. The summed E-state index contributed by atoms with van der Waals surface area (Å²) in [5.74, 6) is 2.18. The lowest BCUT2D eigenvalue weighted by molar-refractivity contribution is -0.136. The Labute approximate surface area is 139 Å². The molecule has 3 heteroatoms. The number of aliphatic hydroxyl groups is 1. The first-order valence-electron chi connectivity index (χ1n) is 9.46. The first kappa shape index (κ1) is 15.7. The number of fused-ring (bicyclic) bond motifs is 5. The highest BCUT2D eigenvalue weighted by molar-refractivity contribution is 5.38. The van der Waals surface area contributed by atoms with E-state index in [4.69, 9.17) is 4.74 Å². The molecule has 3 nitrogen and oxygen atoms in total. The summed E-state index contributed by atoms with van der Waals surface area (Å²) in [4.78, 5) is 10.7. The van der Waals surface area contributed by atoms with Crippen molar-refractivity contribution in [1.29, 1.82) is 0 Å². The molecule has 0 aromatic rings. The lowest BCUT2D eigenvalue weighted by Gasteiger charge is -2.57. The van der Waals surface area contributed by atoms with E-state index in [-0.39, 0.29) is 17.6 Å². The first-order valence-corrected chi connectivity index (χ1v) is 9.46. The van der Waals surface area contributed by atoms with Crippen LogP contribution in [0.15, 0.2) is 11.6 Å². The van der Waals surface area contributed by atoms with Gasteiger partial charge in [0.05, 0.1) is 6.10 Å². The second-order valence-corrected chi connectivity index (χ2v) is 8.99.